The third kappa shape index (κ3) is 3.50. The first-order valence-corrected chi connectivity index (χ1v) is 7.67. The molecule has 6 heteroatoms. The van der Waals surface area contributed by atoms with E-state index in [2.05, 4.69) is 0 Å². The van der Waals surface area contributed by atoms with E-state index in [1.807, 2.05) is 0 Å². The number of ether oxygens (including phenoxy) is 1. The first kappa shape index (κ1) is 14.8. The van der Waals surface area contributed by atoms with Gasteiger partial charge in [-0.3, -0.25) is 4.79 Å². The van der Waals surface area contributed by atoms with Crippen molar-refractivity contribution < 1.29 is 19.4 Å². The van der Waals surface area contributed by atoms with Crippen molar-refractivity contribution in [2.45, 2.75) is 38.1 Å². The van der Waals surface area contributed by atoms with Crippen LogP contribution in [0, 0.1) is 0 Å². The van der Waals surface area contributed by atoms with Crippen molar-refractivity contribution in [3.63, 3.8) is 0 Å². The number of carboxylic acid groups (broad SMARTS) is 1. The summed E-state index contributed by atoms with van der Waals surface area (Å²) in [5.41, 5.74) is 0. The third-order valence-electron chi connectivity index (χ3n) is 3.69. The van der Waals surface area contributed by atoms with Crippen molar-refractivity contribution in [1.82, 2.24) is 4.90 Å². The standard InChI is InChI=1S/C14H19NO4S/c1-15(10-5-3-2-4-6-10)12(16)9-19-11-7-8-20-13(11)14(17)18/h7-8,10H,2-6,9H2,1H3,(H,17,18). The lowest BCUT2D eigenvalue weighted by atomic mass is 9.94. The Hall–Kier alpha value is -1.56. The van der Waals surface area contributed by atoms with Gasteiger partial charge in [0, 0.05) is 13.1 Å². The molecule has 0 saturated heterocycles. The zero-order valence-electron chi connectivity index (χ0n) is 11.5. The average molecular weight is 297 g/mol. The van der Waals surface area contributed by atoms with Crippen LogP contribution in [-0.2, 0) is 4.79 Å². The Morgan fingerprint density at radius 3 is 2.75 bits per heavy atom. The number of aromatic carboxylic acids is 1. The van der Waals surface area contributed by atoms with Crippen LogP contribution in [0.1, 0.15) is 41.8 Å². The van der Waals surface area contributed by atoms with Gasteiger partial charge in [0.25, 0.3) is 5.91 Å². The Balaban J connectivity index is 1.88. The molecular weight excluding hydrogens is 278 g/mol. The fourth-order valence-corrected chi connectivity index (χ4v) is 3.15. The summed E-state index contributed by atoms with van der Waals surface area (Å²) in [5.74, 6) is -0.851. The normalized spacial score (nSPS) is 15.8. The molecule has 0 spiro atoms. The first-order valence-electron chi connectivity index (χ1n) is 6.79. The summed E-state index contributed by atoms with van der Waals surface area (Å²) < 4.78 is 5.35. The minimum atomic E-state index is -1.02. The molecule has 0 aromatic carbocycles. The van der Waals surface area contributed by atoms with Gasteiger partial charge in [-0.2, -0.15) is 0 Å². The number of carbonyl (C=O) groups is 2. The van der Waals surface area contributed by atoms with Gasteiger partial charge in [0.2, 0.25) is 0 Å². The summed E-state index contributed by atoms with van der Waals surface area (Å²) in [6, 6.07) is 1.88. The summed E-state index contributed by atoms with van der Waals surface area (Å²) in [6.07, 6.45) is 5.65. The van der Waals surface area contributed by atoms with Crippen molar-refractivity contribution in [2.75, 3.05) is 13.7 Å². The van der Waals surface area contributed by atoms with Crippen LogP contribution < -0.4 is 4.74 Å². The fraction of sp³-hybridized carbons (Fsp3) is 0.571. The summed E-state index contributed by atoms with van der Waals surface area (Å²) in [4.78, 5) is 24.9. The Labute approximate surface area is 122 Å². The van der Waals surface area contributed by atoms with Crippen LogP contribution in [0.3, 0.4) is 0 Å². The lowest BCUT2D eigenvalue weighted by Crippen LogP contribution is -2.40. The molecule has 1 aliphatic carbocycles. The van der Waals surface area contributed by atoms with Crippen LogP contribution in [0.25, 0.3) is 0 Å². The van der Waals surface area contributed by atoms with E-state index in [9.17, 15) is 9.59 Å². The van der Waals surface area contributed by atoms with E-state index in [0.29, 0.717) is 6.04 Å². The monoisotopic (exact) mass is 297 g/mol. The Morgan fingerprint density at radius 1 is 1.40 bits per heavy atom. The van der Waals surface area contributed by atoms with Crippen LogP contribution >= 0.6 is 11.3 Å². The van der Waals surface area contributed by atoms with Crippen LogP contribution in [0.2, 0.25) is 0 Å². The predicted octanol–water partition coefficient (Wildman–Crippen LogP) is 2.62. The predicted molar refractivity (Wildman–Crippen MR) is 76.4 cm³/mol. The molecule has 2 rings (SSSR count). The summed E-state index contributed by atoms with van der Waals surface area (Å²) in [6.45, 7) is -0.107. The van der Waals surface area contributed by atoms with Crippen molar-refractivity contribution in [2.24, 2.45) is 0 Å². The maximum atomic E-state index is 12.1. The molecule has 0 unspecified atom stereocenters. The van der Waals surface area contributed by atoms with Crippen molar-refractivity contribution in [3.8, 4) is 5.75 Å². The van der Waals surface area contributed by atoms with E-state index in [4.69, 9.17) is 9.84 Å². The maximum absolute atomic E-state index is 12.1. The van der Waals surface area contributed by atoms with E-state index in [1.54, 1.807) is 23.4 Å². The zero-order valence-corrected chi connectivity index (χ0v) is 12.3. The highest BCUT2D eigenvalue weighted by atomic mass is 32.1. The van der Waals surface area contributed by atoms with Gasteiger partial charge in [0.1, 0.15) is 5.75 Å². The number of carboxylic acids is 1. The first-order chi connectivity index (χ1) is 9.59. The number of amides is 1. The van der Waals surface area contributed by atoms with Gasteiger partial charge in [0.05, 0.1) is 0 Å². The van der Waals surface area contributed by atoms with E-state index in [0.717, 1.165) is 37.0 Å². The highest BCUT2D eigenvalue weighted by molar-refractivity contribution is 7.12. The van der Waals surface area contributed by atoms with E-state index in [-0.39, 0.29) is 23.1 Å². The highest BCUT2D eigenvalue weighted by Crippen LogP contribution is 2.25. The molecule has 1 aromatic rings. The van der Waals surface area contributed by atoms with E-state index in [1.165, 1.54) is 6.42 Å². The Morgan fingerprint density at radius 2 is 2.10 bits per heavy atom. The molecule has 1 saturated carbocycles. The average Bonchev–Trinajstić information content (AvgIpc) is 2.93. The summed E-state index contributed by atoms with van der Waals surface area (Å²) in [5, 5.41) is 10.6. The van der Waals surface area contributed by atoms with Crippen LogP contribution in [0.5, 0.6) is 5.75 Å². The fourth-order valence-electron chi connectivity index (χ4n) is 2.48. The molecule has 0 atom stereocenters. The maximum Gasteiger partial charge on any atom is 0.349 e. The highest BCUT2D eigenvalue weighted by Gasteiger charge is 2.23. The molecule has 1 aromatic heterocycles. The second-order valence-corrected chi connectivity index (χ2v) is 5.92. The Kier molecular flexibility index (Phi) is 5.00. The molecular formula is C14H19NO4S. The second-order valence-electron chi connectivity index (χ2n) is 5.00. The SMILES string of the molecule is CN(C(=O)COc1ccsc1C(=O)O)C1CCCCC1. The molecule has 1 N–H and O–H groups in total. The molecule has 5 nitrogen and oxygen atoms in total. The third-order valence-corrected chi connectivity index (χ3v) is 4.57. The van der Waals surface area contributed by atoms with Crippen LogP contribution in [0.4, 0.5) is 0 Å². The number of likely N-dealkylation sites (N-methyl/N-ethyl adjacent to an activating group) is 1. The summed E-state index contributed by atoms with van der Waals surface area (Å²) >= 11 is 1.10. The number of rotatable bonds is 5. The lowest BCUT2D eigenvalue weighted by molar-refractivity contribution is -0.134. The number of nitrogens with zero attached hydrogens (tertiary/aromatic N) is 1. The topological polar surface area (TPSA) is 66.8 Å². The van der Waals surface area contributed by atoms with Crippen LogP contribution in [0.15, 0.2) is 11.4 Å². The van der Waals surface area contributed by atoms with E-state index >= 15 is 0 Å². The largest absolute Gasteiger partial charge is 0.482 e. The van der Waals surface area contributed by atoms with Crippen molar-refractivity contribution in [3.05, 3.63) is 16.3 Å². The quantitative estimate of drug-likeness (QED) is 0.907. The van der Waals surface area contributed by atoms with Gasteiger partial charge < -0.3 is 14.7 Å². The van der Waals surface area contributed by atoms with Crippen LogP contribution in [-0.4, -0.2) is 41.6 Å². The smallest absolute Gasteiger partial charge is 0.349 e. The molecule has 1 fully saturated rings. The van der Waals surface area contributed by atoms with Crippen molar-refractivity contribution >= 4 is 23.2 Å². The molecule has 110 valence electrons. The molecule has 1 heterocycles. The van der Waals surface area contributed by atoms with Gasteiger partial charge in [0.15, 0.2) is 11.5 Å². The molecule has 0 radical (unpaired) electrons. The molecule has 0 aliphatic heterocycles. The van der Waals surface area contributed by atoms with Gasteiger partial charge in [-0.15, -0.1) is 11.3 Å². The van der Waals surface area contributed by atoms with Gasteiger partial charge in [-0.25, -0.2) is 4.79 Å². The van der Waals surface area contributed by atoms with Crippen molar-refractivity contribution in [1.29, 1.82) is 0 Å². The number of hydrogen-bond acceptors (Lipinski definition) is 4. The molecule has 1 amide bonds. The van der Waals surface area contributed by atoms with Gasteiger partial charge >= 0.3 is 5.97 Å². The zero-order chi connectivity index (χ0) is 14.5. The summed E-state index contributed by atoms with van der Waals surface area (Å²) in [7, 11) is 1.80. The minimum Gasteiger partial charge on any atom is -0.482 e. The minimum absolute atomic E-state index is 0.0977. The Bertz CT molecular complexity index is 479. The molecule has 20 heavy (non-hydrogen) atoms. The van der Waals surface area contributed by atoms with E-state index < -0.39 is 5.97 Å². The molecule has 1 aliphatic rings. The lowest BCUT2D eigenvalue weighted by Gasteiger charge is -2.31. The number of thiophene rings is 1. The second kappa shape index (κ2) is 6.74. The molecule has 0 bridgehead atoms. The van der Waals surface area contributed by atoms with Gasteiger partial charge in [-0.05, 0) is 24.3 Å². The number of hydrogen-bond donors (Lipinski definition) is 1. The van der Waals surface area contributed by atoms with Gasteiger partial charge in [-0.1, -0.05) is 19.3 Å². The number of carbonyl (C=O) groups excluding carboxylic acids is 1.